The van der Waals surface area contributed by atoms with Crippen LogP contribution in [-0.4, -0.2) is 29.3 Å². The van der Waals surface area contributed by atoms with E-state index >= 15 is 0 Å². The zero-order chi connectivity index (χ0) is 14.7. The number of carbonyl (C=O) groups is 1. The van der Waals surface area contributed by atoms with E-state index < -0.39 is 0 Å². The first-order valence-corrected chi connectivity index (χ1v) is 9.63. The largest absolute Gasteiger partial charge is 0.335 e. The molecule has 1 aromatic rings. The number of hydrogen-bond donors (Lipinski definition) is 0. The number of nitrogens with zero attached hydrogens (tertiary/aromatic N) is 1. The fraction of sp³-hybridized carbons (Fsp3) is 0.706. The number of rotatable bonds is 3. The van der Waals surface area contributed by atoms with E-state index in [0.29, 0.717) is 11.9 Å². The summed E-state index contributed by atoms with van der Waals surface area (Å²) in [6.07, 6.45) is 10.6. The maximum atomic E-state index is 12.9. The van der Waals surface area contributed by atoms with Crippen molar-refractivity contribution in [2.45, 2.75) is 63.8 Å². The molecule has 0 aromatic carbocycles. The average Bonchev–Trinajstić information content (AvgIpc) is 2.78. The third kappa shape index (κ3) is 3.45. The maximum absolute atomic E-state index is 12.9. The number of likely N-dealkylation sites (tertiary alicyclic amines) is 1. The SMILES string of the molecule is O=C(c1cc2c(s1)CCCCC2)N1CCCCC1CCCl. The minimum atomic E-state index is 0.253. The zero-order valence-electron chi connectivity index (χ0n) is 12.6. The number of thiophene rings is 1. The molecule has 1 atom stereocenters. The smallest absolute Gasteiger partial charge is 0.264 e. The van der Waals surface area contributed by atoms with Crippen LogP contribution in [0.25, 0.3) is 0 Å². The van der Waals surface area contributed by atoms with Crippen molar-refractivity contribution in [2.75, 3.05) is 12.4 Å². The summed E-state index contributed by atoms with van der Waals surface area (Å²) < 4.78 is 0. The van der Waals surface area contributed by atoms with Gasteiger partial charge >= 0.3 is 0 Å². The topological polar surface area (TPSA) is 20.3 Å². The lowest BCUT2D eigenvalue weighted by Crippen LogP contribution is -2.43. The van der Waals surface area contributed by atoms with Gasteiger partial charge in [0.15, 0.2) is 0 Å². The van der Waals surface area contributed by atoms with Crippen molar-refractivity contribution in [3.8, 4) is 0 Å². The Bertz CT molecular complexity index is 473. The van der Waals surface area contributed by atoms with E-state index in [0.717, 1.165) is 37.1 Å². The summed E-state index contributed by atoms with van der Waals surface area (Å²) in [7, 11) is 0. The van der Waals surface area contributed by atoms with Crippen molar-refractivity contribution in [1.29, 1.82) is 0 Å². The van der Waals surface area contributed by atoms with Gasteiger partial charge in [0.25, 0.3) is 5.91 Å². The second-order valence-corrected chi connectivity index (χ2v) is 7.76. The average molecular weight is 326 g/mol. The molecule has 1 fully saturated rings. The van der Waals surface area contributed by atoms with E-state index in [1.54, 1.807) is 11.3 Å². The van der Waals surface area contributed by atoms with E-state index in [9.17, 15) is 4.79 Å². The van der Waals surface area contributed by atoms with Gasteiger partial charge in [-0.25, -0.2) is 0 Å². The molecule has 1 aromatic heterocycles. The number of aryl methyl sites for hydroxylation is 2. The molecule has 0 spiro atoms. The third-order valence-electron chi connectivity index (χ3n) is 4.79. The van der Waals surface area contributed by atoms with E-state index in [1.807, 2.05) is 0 Å². The van der Waals surface area contributed by atoms with Crippen molar-refractivity contribution < 1.29 is 4.79 Å². The molecule has 2 heterocycles. The van der Waals surface area contributed by atoms with E-state index in [2.05, 4.69) is 11.0 Å². The van der Waals surface area contributed by atoms with Gasteiger partial charge < -0.3 is 4.90 Å². The third-order valence-corrected chi connectivity index (χ3v) is 6.23. The number of piperidine rings is 1. The van der Waals surface area contributed by atoms with Gasteiger partial charge in [0.1, 0.15) is 0 Å². The molecule has 1 aliphatic carbocycles. The lowest BCUT2D eigenvalue weighted by Gasteiger charge is -2.35. The summed E-state index contributed by atoms with van der Waals surface area (Å²) in [6, 6.07) is 2.53. The Hall–Kier alpha value is -0.540. The summed E-state index contributed by atoms with van der Waals surface area (Å²) in [6.45, 7) is 0.906. The van der Waals surface area contributed by atoms with Gasteiger partial charge in [-0.05, 0) is 63.0 Å². The molecule has 1 unspecified atom stereocenters. The van der Waals surface area contributed by atoms with Crippen LogP contribution in [-0.2, 0) is 12.8 Å². The molecule has 3 rings (SSSR count). The van der Waals surface area contributed by atoms with Crippen molar-refractivity contribution in [2.24, 2.45) is 0 Å². The summed E-state index contributed by atoms with van der Waals surface area (Å²) in [4.78, 5) is 17.4. The monoisotopic (exact) mass is 325 g/mol. The fourth-order valence-electron chi connectivity index (χ4n) is 3.61. The summed E-state index contributed by atoms with van der Waals surface area (Å²) in [5.74, 6) is 0.901. The lowest BCUT2D eigenvalue weighted by molar-refractivity contribution is 0.0614. The van der Waals surface area contributed by atoms with Crippen molar-refractivity contribution in [1.82, 2.24) is 4.90 Å². The number of alkyl halides is 1. The molecule has 0 saturated carbocycles. The second kappa shape index (κ2) is 7.15. The predicted octanol–water partition coefficient (Wildman–Crippen LogP) is 4.64. The molecule has 116 valence electrons. The maximum Gasteiger partial charge on any atom is 0.264 e. The van der Waals surface area contributed by atoms with Crippen LogP contribution in [0.5, 0.6) is 0 Å². The highest BCUT2D eigenvalue weighted by molar-refractivity contribution is 7.14. The molecular formula is C17H24ClNOS. The highest BCUT2D eigenvalue weighted by Crippen LogP contribution is 2.31. The van der Waals surface area contributed by atoms with Crippen LogP contribution >= 0.6 is 22.9 Å². The quantitative estimate of drug-likeness (QED) is 0.585. The first kappa shape index (κ1) is 15.4. The van der Waals surface area contributed by atoms with Gasteiger partial charge in [0, 0.05) is 23.3 Å². The van der Waals surface area contributed by atoms with Gasteiger partial charge in [-0.2, -0.15) is 0 Å². The molecule has 0 bridgehead atoms. The Morgan fingerprint density at radius 2 is 2.10 bits per heavy atom. The predicted molar refractivity (Wildman–Crippen MR) is 89.6 cm³/mol. The molecule has 0 N–H and O–H groups in total. The molecule has 1 amide bonds. The Balaban J connectivity index is 1.77. The van der Waals surface area contributed by atoms with Crippen LogP contribution < -0.4 is 0 Å². The first-order chi connectivity index (χ1) is 10.3. The number of halogens is 1. The molecule has 2 aliphatic rings. The Labute approximate surface area is 136 Å². The number of hydrogen-bond acceptors (Lipinski definition) is 2. The van der Waals surface area contributed by atoms with E-state index in [4.69, 9.17) is 11.6 Å². The van der Waals surface area contributed by atoms with Gasteiger partial charge in [0.05, 0.1) is 4.88 Å². The van der Waals surface area contributed by atoms with E-state index in [1.165, 1.54) is 42.5 Å². The van der Waals surface area contributed by atoms with Gasteiger partial charge in [0.2, 0.25) is 0 Å². The summed E-state index contributed by atoms with van der Waals surface area (Å²) >= 11 is 7.66. The van der Waals surface area contributed by atoms with Crippen LogP contribution in [0.15, 0.2) is 6.07 Å². The van der Waals surface area contributed by atoms with Crippen LogP contribution in [0.2, 0.25) is 0 Å². The zero-order valence-corrected chi connectivity index (χ0v) is 14.1. The lowest BCUT2D eigenvalue weighted by atomic mass is 9.99. The molecule has 1 saturated heterocycles. The van der Waals surface area contributed by atoms with Crippen LogP contribution in [0.1, 0.15) is 65.1 Å². The fourth-order valence-corrected chi connectivity index (χ4v) is 5.07. The van der Waals surface area contributed by atoms with Gasteiger partial charge in [-0.15, -0.1) is 22.9 Å². The summed E-state index contributed by atoms with van der Waals surface area (Å²) in [5, 5.41) is 0. The van der Waals surface area contributed by atoms with Crippen LogP contribution in [0.3, 0.4) is 0 Å². The highest BCUT2D eigenvalue weighted by Gasteiger charge is 2.28. The molecule has 0 radical (unpaired) electrons. The van der Waals surface area contributed by atoms with Gasteiger partial charge in [-0.3, -0.25) is 4.79 Å². The standard InChI is InChI=1S/C17H24ClNOS/c18-10-9-14-7-4-5-11-19(14)17(20)16-12-13-6-2-1-3-8-15(13)21-16/h12,14H,1-11H2. The van der Waals surface area contributed by atoms with Gasteiger partial charge in [-0.1, -0.05) is 6.42 Å². The minimum absolute atomic E-state index is 0.253. The Morgan fingerprint density at radius 3 is 2.95 bits per heavy atom. The molecule has 21 heavy (non-hydrogen) atoms. The normalized spacial score (nSPS) is 22.7. The molecule has 2 nitrogen and oxygen atoms in total. The number of fused-ring (bicyclic) bond motifs is 1. The Kier molecular flexibility index (Phi) is 5.23. The molecular weight excluding hydrogens is 302 g/mol. The van der Waals surface area contributed by atoms with E-state index in [-0.39, 0.29) is 5.91 Å². The Morgan fingerprint density at radius 1 is 1.24 bits per heavy atom. The summed E-state index contributed by atoms with van der Waals surface area (Å²) in [5.41, 5.74) is 1.44. The second-order valence-electron chi connectivity index (χ2n) is 6.25. The van der Waals surface area contributed by atoms with Crippen molar-refractivity contribution in [3.63, 3.8) is 0 Å². The van der Waals surface area contributed by atoms with Crippen LogP contribution in [0, 0.1) is 0 Å². The highest BCUT2D eigenvalue weighted by atomic mass is 35.5. The number of carbonyl (C=O) groups excluding carboxylic acids is 1. The van der Waals surface area contributed by atoms with Crippen molar-refractivity contribution in [3.05, 3.63) is 21.4 Å². The van der Waals surface area contributed by atoms with Crippen molar-refractivity contribution >= 4 is 28.8 Å². The number of amides is 1. The van der Waals surface area contributed by atoms with Crippen LogP contribution in [0.4, 0.5) is 0 Å². The molecule has 4 heteroatoms. The first-order valence-electron chi connectivity index (χ1n) is 8.28. The minimum Gasteiger partial charge on any atom is -0.335 e. The molecule has 1 aliphatic heterocycles.